The van der Waals surface area contributed by atoms with Gasteiger partial charge in [0.15, 0.2) is 11.6 Å². The zero-order chi connectivity index (χ0) is 16.1. The van der Waals surface area contributed by atoms with Crippen LogP contribution in [0.3, 0.4) is 0 Å². The predicted molar refractivity (Wildman–Crippen MR) is 76.1 cm³/mol. The van der Waals surface area contributed by atoms with E-state index in [1.54, 1.807) is 6.07 Å². The van der Waals surface area contributed by atoms with Gasteiger partial charge in [-0.1, -0.05) is 0 Å². The van der Waals surface area contributed by atoms with Crippen molar-refractivity contribution in [2.24, 2.45) is 0 Å². The first-order chi connectivity index (χ1) is 11.0. The van der Waals surface area contributed by atoms with Crippen molar-refractivity contribution in [2.75, 3.05) is 0 Å². The largest absolute Gasteiger partial charge is 0.337 e. The summed E-state index contributed by atoms with van der Waals surface area (Å²) >= 11 is 0. The van der Waals surface area contributed by atoms with Crippen LogP contribution >= 0.6 is 0 Å². The Balaban J connectivity index is 1.96. The zero-order valence-electron chi connectivity index (χ0n) is 11.8. The minimum atomic E-state index is -2.73. The molecule has 0 spiro atoms. The molecule has 2 aromatic heterocycles. The van der Waals surface area contributed by atoms with E-state index in [0.717, 1.165) is 25.0 Å². The summed E-state index contributed by atoms with van der Waals surface area (Å²) in [6, 6.07) is 5.36. The molecule has 118 valence electrons. The molecule has 2 heterocycles. The molecule has 0 N–H and O–H groups in total. The number of benzene rings is 1. The Morgan fingerprint density at radius 1 is 1.04 bits per heavy atom. The van der Waals surface area contributed by atoms with Crippen LogP contribution in [0.15, 0.2) is 30.5 Å². The lowest BCUT2D eigenvalue weighted by atomic mass is 10.2. The van der Waals surface area contributed by atoms with Crippen molar-refractivity contribution in [3.05, 3.63) is 47.8 Å². The third-order valence-corrected chi connectivity index (χ3v) is 3.99. The van der Waals surface area contributed by atoms with E-state index in [9.17, 15) is 17.6 Å². The van der Waals surface area contributed by atoms with E-state index in [1.165, 1.54) is 12.3 Å². The lowest BCUT2D eigenvalue weighted by Crippen LogP contribution is -2.00. The summed E-state index contributed by atoms with van der Waals surface area (Å²) in [4.78, 5) is 0. The van der Waals surface area contributed by atoms with E-state index < -0.39 is 23.8 Å². The molecule has 0 amide bonds. The lowest BCUT2D eigenvalue weighted by molar-refractivity contribution is 0.145. The van der Waals surface area contributed by atoms with Crippen LogP contribution in [-0.2, 0) is 0 Å². The van der Waals surface area contributed by atoms with E-state index >= 15 is 0 Å². The summed E-state index contributed by atoms with van der Waals surface area (Å²) in [6.45, 7) is 0. The zero-order valence-corrected chi connectivity index (χ0v) is 11.8. The molecule has 23 heavy (non-hydrogen) atoms. The maximum absolute atomic E-state index is 13.6. The normalized spacial score (nSPS) is 14.8. The van der Waals surface area contributed by atoms with Crippen LogP contribution in [0, 0.1) is 11.6 Å². The minimum absolute atomic E-state index is 0.163. The van der Waals surface area contributed by atoms with Crippen LogP contribution < -0.4 is 0 Å². The molecular weight excluding hydrogens is 310 g/mol. The monoisotopic (exact) mass is 321 g/mol. The van der Waals surface area contributed by atoms with Gasteiger partial charge in [0.1, 0.15) is 5.69 Å². The summed E-state index contributed by atoms with van der Waals surface area (Å²) in [5, 5.41) is 7.55. The smallest absolute Gasteiger partial charge is 0.282 e. The van der Waals surface area contributed by atoms with Crippen molar-refractivity contribution in [3.8, 4) is 11.3 Å². The first-order valence-electron chi connectivity index (χ1n) is 7.15. The average Bonchev–Trinajstić information content (AvgIpc) is 3.30. The second-order valence-electron chi connectivity index (χ2n) is 5.63. The van der Waals surface area contributed by atoms with Crippen molar-refractivity contribution >= 4 is 10.9 Å². The summed E-state index contributed by atoms with van der Waals surface area (Å²) in [7, 11) is 0. The fourth-order valence-electron chi connectivity index (χ4n) is 2.80. The number of hydrogen-bond acceptors (Lipinski definition) is 2. The van der Waals surface area contributed by atoms with Gasteiger partial charge in [0.05, 0.1) is 17.4 Å². The van der Waals surface area contributed by atoms with Crippen LogP contribution in [0.25, 0.3) is 22.2 Å². The van der Waals surface area contributed by atoms with Crippen LogP contribution in [0.4, 0.5) is 17.6 Å². The van der Waals surface area contributed by atoms with Gasteiger partial charge in [0.2, 0.25) is 0 Å². The topological polar surface area (TPSA) is 30.7 Å². The first kappa shape index (κ1) is 14.2. The molecule has 7 heteroatoms. The van der Waals surface area contributed by atoms with Gasteiger partial charge >= 0.3 is 0 Å². The molecule has 1 aromatic carbocycles. The maximum atomic E-state index is 13.6. The van der Waals surface area contributed by atoms with Gasteiger partial charge in [0.25, 0.3) is 6.43 Å². The minimum Gasteiger partial charge on any atom is -0.337 e. The number of alkyl halides is 2. The van der Waals surface area contributed by atoms with Gasteiger partial charge < -0.3 is 4.57 Å². The highest BCUT2D eigenvalue weighted by atomic mass is 19.3. The summed E-state index contributed by atoms with van der Waals surface area (Å²) in [5.41, 5.74) is 1.20. The van der Waals surface area contributed by atoms with Crippen LogP contribution in [0.5, 0.6) is 0 Å². The van der Waals surface area contributed by atoms with Crippen LogP contribution in [0.1, 0.15) is 31.0 Å². The quantitative estimate of drug-likeness (QED) is 0.658. The van der Waals surface area contributed by atoms with Crippen molar-refractivity contribution in [1.29, 1.82) is 0 Å². The SMILES string of the molecule is Fc1cc2cc(-c3cnnc(C(F)F)c3)n(C3CC3)c2cc1F. The third kappa shape index (κ3) is 2.36. The number of nitrogens with zero attached hydrogens (tertiary/aromatic N) is 3. The molecule has 0 bridgehead atoms. The van der Waals surface area contributed by atoms with Crippen LogP contribution in [-0.4, -0.2) is 14.8 Å². The van der Waals surface area contributed by atoms with E-state index in [2.05, 4.69) is 10.2 Å². The molecule has 0 saturated heterocycles. The van der Waals surface area contributed by atoms with Crippen molar-refractivity contribution in [3.63, 3.8) is 0 Å². The van der Waals surface area contributed by atoms with Crippen molar-refractivity contribution < 1.29 is 17.6 Å². The Kier molecular flexibility index (Phi) is 3.11. The molecule has 1 fully saturated rings. The van der Waals surface area contributed by atoms with Crippen molar-refractivity contribution in [2.45, 2.75) is 25.3 Å². The molecule has 1 aliphatic carbocycles. The van der Waals surface area contributed by atoms with E-state index in [1.807, 2.05) is 4.57 Å². The van der Waals surface area contributed by atoms with Crippen molar-refractivity contribution in [1.82, 2.24) is 14.8 Å². The first-order valence-corrected chi connectivity index (χ1v) is 7.15. The average molecular weight is 321 g/mol. The van der Waals surface area contributed by atoms with Gasteiger partial charge in [-0.15, -0.1) is 5.10 Å². The number of halogens is 4. The van der Waals surface area contributed by atoms with Gasteiger partial charge in [0, 0.05) is 23.1 Å². The molecule has 0 radical (unpaired) electrons. The highest BCUT2D eigenvalue weighted by molar-refractivity contribution is 5.87. The molecule has 3 aromatic rings. The van der Waals surface area contributed by atoms with Gasteiger partial charge in [-0.05, 0) is 31.0 Å². The molecular formula is C16H11F4N3. The van der Waals surface area contributed by atoms with Crippen LogP contribution in [0.2, 0.25) is 0 Å². The Hall–Kier alpha value is -2.44. The standard InChI is InChI=1S/C16H11F4N3/c17-11-3-8-5-14(9-4-13(16(19)20)22-21-7-9)23(10-1-2-10)15(8)6-12(11)18/h3-7,10,16H,1-2H2. The predicted octanol–water partition coefficient (Wildman–Crippen LogP) is 4.65. The second-order valence-corrected chi connectivity index (χ2v) is 5.63. The van der Waals surface area contributed by atoms with E-state index in [0.29, 0.717) is 22.2 Å². The molecule has 0 aliphatic heterocycles. The second kappa shape index (κ2) is 5.04. The number of hydrogen-bond donors (Lipinski definition) is 0. The Bertz CT molecular complexity index is 900. The van der Waals surface area contributed by atoms with Gasteiger partial charge in [-0.2, -0.15) is 5.10 Å². The maximum Gasteiger partial charge on any atom is 0.282 e. The molecule has 1 saturated carbocycles. The summed E-state index contributed by atoms with van der Waals surface area (Å²) in [6.07, 6.45) is 0.480. The molecule has 4 rings (SSSR count). The lowest BCUT2D eigenvalue weighted by Gasteiger charge is -2.10. The molecule has 3 nitrogen and oxygen atoms in total. The highest BCUT2D eigenvalue weighted by Gasteiger charge is 2.28. The summed E-state index contributed by atoms with van der Waals surface area (Å²) < 4.78 is 54.6. The number of fused-ring (bicyclic) bond motifs is 1. The van der Waals surface area contributed by atoms with Gasteiger partial charge in [-0.25, -0.2) is 17.6 Å². The Morgan fingerprint density at radius 2 is 1.78 bits per heavy atom. The molecule has 0 unspecified atom stereocenters. The molecule has 0 atom stereocenters. The fraction of sp³-hybridized carbons (Fsp3) is 0.250. The number of aromatic nitrogens is 3. The highest BCUT2D eigenvalue weighted by Crippen LogP contribution is 2.43. The number of rotatable bonds is 3. The third-order valence-electron chi connectivity index (χ3n) is 3.99. The fourth-order valence-corrected chi connectivity index (χ4v) is 2.80. The summed E-state index contributed by atoms with van der Waals surface area (Å²) in [5.74, 6) is -1.86. The van der Waals surface area contributed by atoms with E-state index in [4.69, 9.17) is 0 Å². The Labute approximate surface area is 128 Å². The van der Waals surface area contributed by atoms with Gasteiger partial charge in [-0.3, -0.25) is 0 Å². The van der Waals surface area contributed by atoms with E-state index in [-0.39, 0.29) is 6.04 Å². The molecule has 1 aliphatic rings. The Morgan fingerprint density at radius 3 is 2.48 bits per heavy atom.